The molecule has 1 aliphatic heterocycles. The maximum absolute atomic E-state index is 12.6. The lowest BCUT2D eigenvalue weighted by Gasteiger charge is -2.30. The van der Waals surface area contributed by atoms with Crippen molar-refractivity contribution in [2.75, 3.05) is 13.7 Å². The normalized spacial score (nSPS) is 17.6. The number of methoxy groups -OCH3 is 1. The highest BCUT2D eigenvalue weighted by Gasteiger charge is 2.35. The Kier molecular flexibility index (Phi) is 6.04. The van der Waals surface area contributed by atoms with E-state index in [1.807, 2.05) is 29.2 Å². The summed E-state index contributed by atoms with van der Waals surface area (Å²) >= 11 is 0. The van der Waals surface area contributed by atoms with Crippen LogP contribution < -0.4 is 10.1 Å². The van der Waals surface area contributed by atoms with Crippen molar-refractivity contribution in [1.29, 1.82) is 0 Å². The Morgan fingerprint density at radius 2 is 2.17 bits per heavy atom. The molecule has 0 saturated carbocycles. The van der Waals surface area contributed by atoms with E-state index in [0.717, 1.165) is 48.5 Å². The molecule has 1 fully saturated rings. The molecule has 2 heterocycles. The van der Waals surface area contributed by atoms with Crippen LogP contribution in [0.4, 0.5) is 0 Å². The number of hydrogen-bond donors (Lipinski definition) is 2. The van der Waals surface area contributed by atoms with Gasteiger partial charge >= 0.3 is 0 Å². The van der Waals surface area contributed by atoms with Crippen molar-refractivity contribution >= 4 is 16.9 Å². The molecule has 158 valence electrons. The molecule has 0 aliphatic carbocycles. The molecular weight excluding hydrogens is 376 g/mol. The van der Waals surface area contributed by atoms with Crippen molar-refractivity contribution in [3.8, 4) is 5.75 Å². The summed E-state index contributed by atoms with van der Waals surface area (Å²) in [5.74, 6) is 1.95. The second kappa shape index (κ2) is 8.88. The van der Waals surface area contributed by atoms with E-state index in [0.29, 0.717) is 6.42 Å². The van der Waals surface area contributed by atoms with Crippen molar-refractivity contribution in [2.24, 2.45) is 0 Å². The quantitative estimate of drug-likeness (QED) is 0.552. The summed E-state index contributed by atoms with van der Waals surface area (Å²) in [5, 5.41) is 3.50. The molecule has 2 unspecified atom stereocenters. The summed E-state index contributed by atoms with van der Waals surface area (Å²) in [5.41, 5.74) is 4.37. The van der Waals surface area contributed by atoms with Crippen LogP contribution in [-0.4, -0.2) is 40.5 Å². The Labute approximate surface area is 177 Å². The Hall–Kier alpha value is -2.86. The van der Waals surface area contributed by atoms with E-state index in [2.05, 4.69) is 42.3 Å². The maximum Gasteiger partial charge on any atom is 0.223 e. The van der Waals surface area contributed by atoms with Crippen LogP contribution in [-0.2, 0) is 11.3 Å². The number of ether oxygens (including phenoxy) is 1. The first kappa shape index (κ1) is 20.4. The molecule has 1 amide bonds. The van der Waals surface area contributed by atoms with Gasteiger partial charge in [0.15, 0.2) is 0 Å². The number of hydrogen-bond acceptors (Lipinski definition) is 4. The van der Waals surface area contributed by atoms with Gasteiger partial charge in [-0.05, 0) is 68.6 Å². The lowest BCUT2D eigenvalue weighted by atomic mass is 10.1. The fourth-order valence-corrected chi connectivity index (χ4v) is 4.33. The third kappa shape index (κ3) is 4.33. The Morgan fingerprint density at radius 3 is 3.00 bits per heavy atom. The molecule has 3 aromatic rings. The number of nitrogens with zero attached hydrogens (tertiary/aromatic N) is 2. The number of aromatic nitrogens is 2. The zero-order valence-electron chi connectivity index (χ0n) is 17.9. The first-order chi connectivity index (χ1) is 14.5. The van der Waals surface area contributed by atoms with Crippen LogP contribution in [0.2, 0.25) is 0 Å². The number of carbonyl (C=O) groups excluding carboxylic acids is 1. The van der Waals surface area contributed by atoms with Crippen LogP contribution in [0.1, 0.15) is 49.2 Å². The van der Waals surface area contributed by atoms with Crippen LogP contribution in [0.25, 0.3) is 11.0 Å². The van der Waals surface area contributed by atoms with Crippen molar-refractivity contribution in [1.82, 2.24) is 20.2 Å². The topological polar surface area (TPSA) is 70.2 Å². The maximum atomic E-state index is 12.6. The van der Waals surface area contributed by atoms with Gasteiger partial charge in [-0.15, -0.1) is 0 Å². The third-order valence-corrected chi connectivity index (χ3v) is 5.96. The van der Waals surface area contributed by atoms with Gasteiger partial charge in [-0.25, -0.2) is 4.98 Å². The van der Waals surface area contributed by atoms with Gasteiger partial charge in [0.1, 0.15) is 11.6 Å². The van der Waals surface area contributed by atoms with Gasteiger partial charge in [0.25, 0.3) is 0 Å². The number of likely N-dealkylation sites (tertiary alicyclic amines) is 1. The molecule has 1 aromatic heterocycles. The number of rotatable bonds is 8. The van der Waals surface area contributed by atoms with Crippen LogP contribution in [0.3, 0.4) is 0 Å². The average Bonchev–Trinajstić information content (AvgIpc) is 3.34. The highest BCUT2D eigenvalue weighted by atomic mass is 16.5. The molecule has 4 rings (SSSR count). The first-order valence-corrected chi connectivity index (χ1v) is 10.7. The van der Waals surface area contributed by atoms with E-state index < -0.39 is 0 Å². The van der Waals surface area contributed by atoms with Crippen molar-refractivity contribution in [3.63, 3.8) is 0 Å². The van der Waals surface area contributed by atoms with Gasteiger partial charge in [0.2, 0.25) is 5.91 Å². The first-order valence-electron chi connectivity index (χ1n) is 10.7. The minimum Gasteiger partial charge on any atom is -0.497 e. The summed E-state index contributed by atoms with van der Waals surface area (Å²) in [6.45, 7) is 5.79. The van der Waals surface area contributed by atoms with Crippen LogP contribution in [0, 0.1) is 6.92 Å². The van der Waals surface area contributed by atoms with E-state index in [-0.39, 0.29) is 18.0 Å². The third-order valence-electron chi connectivity index (χ3n) is 5.96. The number of fused-ring (bicyclic) bond motifs is 1. The highest BCUT2D eigenvalue weighted by molar-refractivity contribution is 5.80. The van der Waals surface area contributed by atoms with Crippen molar-refractivity contribution in [3.05, 3.63) is 59.4 Å². The molecule has 6 nitrogen and oxygen atoms in total. The molecular formula is C24H30N4O2. The second-order valence-corrected chi connectivity index (χ2v) is 8.13. The monoisotopic (exact) mass is 406 g/mol. The molecule has 1 aliphatic rings. The number of amides is 1. The molecule has 2 atom stereocenters. The zero-order valence-corrected chi connectivity index (χ0v) is 17.9. The molecule has 0 bridgehead atoms. The number of carbonyl (C=O) groups is 1. The van der Waals surface area contributed by atoms with Gasteiger partial charge in [-0.1, -0.05) is 18.2 Å². The van der Waals surface area contributed by atoms with Crippen molar-refractivity contribution < 1.29 is 9.53 Å². The van der Waals surface area contributed by atoms with E-state index in [1.54, 1.807) is 7.11 Å². The van der Waals surface area contributed by atoms with Crippen LogP contribution in [0.5, 0.6) is 5.75 Å². The summed E-state index contributed by atoms with van der Waals surface area (Å²) in [4.78, 5) is 22.8. The number of nitrogens with one attached hydrogen (secondary N) is 2. The molecule has 0 spiro atoms. The van der Waals surface area contributed by atoms with E-state index in [9.17, 15) is 4.79 Å². The van der Waals surface area contributed by atoms with E-state index in [1.165, 1.54) is 11.1 Å². The zero-order chi connectivity index (χ0) is 21.1. The highest BCUT2D eigenvalue weighted by Crippen LogP contribution is 2.31. The largest absolute Gasteiger partial charge is 0.497 e. The predicted octanol–water partition coefficient (Wildman–Crippen LogP) is 4.11. The number of aryl methyl sites for hydroxylation is 1. The molecule has 30 heavy (non-hydrogen) atoms. The molecule has 6 heteroatoms. The Balaban J connectivity index is 1.37. The second-order valence-electron chi connectivity index (χ2n) is 8.13. The summed E-state index contributed by atoms with van der Waals surface area (Å²) < 4.78 is 5.28. The van der Waals surface area contributed by atoms with Gasteiger partial charge in [-0.3, -0.25) is 4.79 Å². The number of benzene rings is 2. The van der Waals surface area contributed by atoms with Gasteiger partial charge in [0.05, 0.1) is 24.2 Å². The van der Waals surface area contributed by atoms with Crippen LogP contribution >= 0.6 is 0 Å². The van der Waals surface area contributed by atoms with Crippen LogP contribution in [0.15, 0.2) is 42.5 Å². The summed E-state index contributed by atoms with van der Waals surface area (Å²) in [6, 6.07) is 14.5. The van der Waals surface area contributed by atoms with E-state index >= 15 is 0 Å². The summed E-state index contributed by atoms with van der Waals surface area (Å²) in [7, 11) is 1.68. The lowest BCUT2D eigenvalue weighted by Crippen LogP contribution is -2.37. The Morgan fingerprint density at radius 1 is 1.30 bits per heavy atom. The predicted molar refractivity (Wildman–Crippen MR) is 118 cm³/mol. The van der Waals surface area contributed by atoms with Gasteiger partial charge in [0, 0.05) is 19.0 Å². The van der Waals surface area contributed by atoms with Gasteiger partial charge < -0.3 is 19.9 Å². The fourth-order valence-electron chi connectivity index (χ4n) is 4.33. The molecule has 2 N–H and O–H groups in total. The molecule has 2 aromatic carbocycles. The smallest absolute Gasteiger partial charge is 0.223 e. The lowest BCUT2D eigenvalue weighted by molar-refractivity contribution is -0.131. The fraction of sp³-hybridized carbons (Fsp3) is 0.417. The Bertz CT molecular complexity index is 1030. The van der Waals surface area contributed by atoms with Gasteiger partial charge in [-0.2, -0.15) is 0 Å². The minimum atomic E-state index is -0.0592. The standard InChI is InChI=1S/C24H30N4O2/c1-16-7-9-21-22(13-16)27-24(26-21)17(2)28-19(8-10-23(28)29)11-12-25-15-18-5-4-6-20(14-18)30-3/h4-7,9,13-14,17,19,25H,8,10-12,15H2,1-3H3,(H,26,27). The number of aromatic amines is 1. The summed E-state index contributed by atoms with van der Waals surface area (Å²) in [6.07, 6.45) is 2.45. The molecule has 0 radical (unpaired) electrons. The average molecular weight is 407 g/mol. The minimum absolute atomic E-state index is 0.0592. The van der Waals surface area contributed by atoms with E-state index in [4.69, 9.17) is 9.72 Å². The van der Waals surface area contributed by atoms with Crippen molar-refractivity contribution in [2.45, 2.75) is 51.7 Å². The number of imidazole rings is 1. The molecule has 1 saturated heterocycles. The number of H-pyrrole nitrogens is 1. The SMILES string of the molecule is COc1cccc(CNCCC2CCC(=O)N2C(C)c2nc3ccc(C)cc3[nH]2)c1.